The maximum Gasteiger partial charge on any atom is 0.214 e. The maximum atomic E-state index is 4.81. The Bertz CT molecular complexity index is 749. The molecule has 0 saturated heterocycles. The Labute approximate surface area is 113 Å². The van der Waals surface area contributed by atoms with Gasteiger partial charge in [-0.3, -0.25) is 4.40 Å². The Kier molecular flexibility index (Phi) is 2.82. The van der Waals surface area contributed by atoms with E-state index in [1.807, 2.05) is 7.05 Å². The maximum absolute atomic E-state index is 4.81. The molecular weight excluding hydrogens is 236 g/mol. The average molecular weight is 256 g/mol. The van der Waals surface area contributed by atoms with Gasteiger partial charge in [-0.1, -0.05) is 6.07 Å². The van der Waals surface area contributed by atoms with Crippen molar-refractivity contribution in [1.82, 2.24) is 19.3 Å². The van der Waals surface area contributed by atoms with Gasteiger partial charge in [-0.15, -0.1) is 0 Å². The summed E-state index contributed by atoms with van der Waals surface area (Å²) in [6.07, 6.45) is 3.22. The van der Waals surface area contributed by atoms with E-state index in [1.54, 1.807) is 0 Å². The summed E-state index contributed by atoms with van der Waals surface area (Å²) in [5.74, 6) is 1.02. The number of likely N-dealkylation sites (N-methyl/N-ethyl adjacent to an activating group) is 1. The van der Waals surface area contributed by atoms with E-state index < -0.39 is 0 Å². The van der Waals surface area contributed by atoms with Crippen molar-refractivity contribution in [3.63, 3.8) is 0 Å². The van der Waals surface area contributed by atoms with E-state index in [1.165, 1.54) is 22.3 Å². The zero-order valence-electron chi connectivity index (χ0n) is 12.0. The van der Waals surface area contributed by atoms with Gasteiger partial charge in [0.05, 0.1) is 11.0 Å². The van der Waals surface area contributed by atoms with Crippen molar-refractivity contribution in [1.29, 1.82) is 0 Å². The normalized spacial score (nSPS) is 11.8. The van der Waals surface area contributed by atoms with Crippen molar-refractivity contribution < 1.29 is 0 Å². The highest BCUT2D eigenvalue weighted by Gasteiger charge is 2.13. The number of hydrogen-bond acceptors (Lipinski definition) is 2. The first-order valence-electron chi connectivity index (χ1n) is 6.70. The van der Waals surface area contributed by atoms with Crippen LogP contribution in [0.5, 0.6) is 0 Å². The second kappa shape index (κ2) is 4.38. The minimum atomic E-state index is 0.983. The molecule has 4 heteroatoms. The molecule has 0 unspecified atom stereocenters. The van der Waals surface area contributed by atoms with Crippen LogP contribution in [0.15, 0.2) is 18.3 Å². The molecule has 19 heavy (non-hydrogen) atoms. The van der Waals surface area contributed by atoms with E-state index in [0.717, 1.165) is 24.3 Å². The predicted octanol–water partition coefficient (Wildman–Crippen LogP) is 2.20. The third-order valence-corrected chi connectivity index (χ3v) is 4.01. The summed E-state index contributed by atoms with van der Waals surface area (Å²) in [6, 6.07) is 4.34. The van der Waals surface area contributed by atoms with E-state index in [0.29, 0.717) is 0 Å². The second-order valence-corrected chi connectivity index (χ2v) is 5.19. The molecule has 0 amide bonds. The van der Waals surface area contributed by atoms with Crippen molar-refractivity contribution in [2.75, 3.05) is 13.6 Å². The number of nitrogens with one attached hydrogen (secondary N) is 1. The van der Waals surface area contributed by atoms with Gasteiger partial charge in [-0.05, 0) is 38.1 Å². The molecule has 3 aromatic rings. The van der Waals surface area contributed by atoms with Crippen LogP contribution in [0.3, 0.4) is 0 Å². The molecule has 3 rings (SSSR count). The van der Waals surface area contributed by atoms with Crippen LogP contribution in [0.4, 0.5) is 0 Å². The van der Waals surface area contributed by atoms with E-state index in [9.17, 15) is 0 Å². The predicted molar refractivity (Wildman–Crippen MR) is 78.8 cm³/mol. The summed E-state index contributed by atoms with van der Waals surface area (Å²) in [5.41, 5.74) is 6.19. The van der Waals surface area contributed by atoms with Crippen molar-refractivity contribution in [2.45, 2.75) is 20.3 Å². The van der Waals surface area contributed by atoms with Crippen LogP contribution in [-0.2, 0) is 13.5 Å². The minimum absolute atomic E-state index is 0.983. The van der Waals surface area contributed by atoms with Gasteiger partial charge in [0.1, 0.15) is 0 Å². The van der Waals surface area contributed by atoms with Crippen LogP contribution in [-0.4, -0.2) is 27.5 Å². The van der Waals surface area contributed by atoms with Gasteiger partial charge in [-0.25, -0.2) is 4.98 Å². The number of hydrogen-bond donors (Lipinski definition) is 1. The van der Waals surface area contributed by atoms with Crippen molar-refractivity contribution in [3.05, 3.63) is 35.2 Å². The monoisotopic (exact) mass is 256 g/mol. The average Bonchev–Trinajstić information content (AvgIpc) is 2.90. The Hall–Kier alpha value is -1.81. The summed E-state index contributed by atoms with van der Waals surface area (Å²) >= 11 is 0. The number of nitrogens with zero attached hydrogens (tertiary/aromatic N) is 3. The van der Waals surface area contributed by atoms with Crippen molar-refractivity contribution in [3.8, 4) is 0 Å². The van der Waals surface area contributed by atoms with Gasteiger partial charge in [0, 0.05) is 31.9 Å². The fourth-order valence-electron chi connectivity index (χ4n) is 2.60. The van der Waals surface area contributed by atoms with Crippen LogP contribution in [0, 0.1) is 13.8 Å². The highest BCUT2D eigenvalue weighted by molar-refractivity contribution is 5.83. The van der Waals surface area contributed by atoms with Gasteiger partial charge in [0.2, 0.25) is 5.78 Å². The number of benzene rings is 1. The van der Waals surface area contributed by atoms with Crippen molar-refractivity contribution in [2.24, 2.45) is 7.05 Å². The fraction of sp³-hybridized carbons (Fsp3) is 0.400. The van der Waals surface area contributed by atoms with Gasteiger partial charge < -0.3 is 9.88 Å². The molecule has 2 heterocycles. The standard InChI is InChI=1S/C15H20N4/c1-10-5-6-13-14(11(10)2)17-15-18(4)12(7-8-16-3)9-19(13)15/h5-6,9,16H,7-8H2,1-4H3. The molecule has 0 aliphatic rings. The third-order valence-electron chi connectivity index (χ3n) is 4.01. The fourth-order valence-corrected chi connectivity index (χ4v) is 2.60. The Morgan fingerprint density at radius 3 is 2.79 bits per heavy atom. The molecule has 1 aromatic carbocycles. The van der Waals surface area contributed by atoms with Gasteiger partial charge in [0.15, 0.2) is 0 Å². The number of aromatic nitrogens is 3. The molecule has 0 radical (unpaired) electrons. The lowest BCUT2D eigenvalue weighted by atomic mass is 10.1. The number of aryl methyl sites for hydroxylation is 3. The summed E-state index contributed by atoms with van der Waals surface area (Å²) < 4.78 is 4.39. The molecule has 0 fully saturated rings. The minimum Gasteiger partial charge on any atom is -0.319 e. The SMILES string of the molecule is CNCCc1cn2c3ccc(C)c(C)c3nc2n1C. The van der Waals surface area contributed by atoms with Crippen LogP contribution in [0.1, 0.15) is 16.8 Å². The summed E-state index contributed by atoms with van der Waals surface area (Å²) in [6.45, 7) is 5.26. The first-order valence-corrected chi connectivity index (χ1v) is 6.70. The van der Waals surface area contributed by atoms with E-state index in [-0.39, 0.29) is 0 Å². The lowest BCUT2D eigenvalue weighted by Gasteiger charge is -2.02. The summed E-state index contributed by atoms with van der Waals surface area (Å²) in [7, 11) is 4.07. The van der Waals surface area contributed by atoms with Gasteiger partial charge in [0.25, 0.3) is 0 Å². The first-order chi connectivity index (χ1) is 9.13. The molecule has 0 atom stereocenters. The Morgan fingerprint density at radius 2 is 2.05 bits per heavy atom. The molecule has 100 valence electrons. The topological polar surface area (TPSA) is 34.3 Å². The Balaban J connectivity index is 2.24. The van der Waals surface area contributed by atoms with Crippen LogP contribution < -0.4 is 5.32 Å². The molecule has 0 bridgehead atoms. The first kappa shape index (κ1) is 12.2. The van der Waals surface area contributed by atoms with Crippen LogP contribution in [0.25, 0.3) is 16.8 Å². The molecule has 1 N–H and O–H groups in total. The quantitative estimate of drug-likeness (QED) is 0.779. The molecule has 0 aliphatic carbocycles. The lowest BCUT2D eigenvalue weighted by Crippen LogP contribution is -2.12. The summed E-state index contributed by atoms with van der Waals surface area (Å²) in [4.78, 5) is 4.81. The molecule has 0 aliphatic heterocycles. The number of imidazole rings is 2. The molecule has 4 nitrogen and oxygen atoms in total. The molecular formula is C15H20N4. The van der Waals surface area contributed by atoms with E-state index in [2.05, 4.69) is 53.5 Å². The van der Waals surface area contributed by atoms with Crippen LogP contribution >= 0.6 is 0 Å². The smallest absolute Gasteiger partial charge is 0.214 e. The summed E-state index contributed by atoms with van der Waals surface area (Å²) in [5, 5.41) is 3.19. The number of fused-ring (bicyclic) bond motifs is 3. The molecule has 2 aromatic heterocycles. The van der Waals surface area contributed by atoms with E-state index in [4.69, 9.17) is 4.98 Å². The molecule has 0 saturated carbocycles. The lowest BCUT2D eigenvalue weighted by molar-refractivity contribution is 0.744. The molecule has 0 spiro atoms. The van der Waals surface area contributed by atoms with Crippen LogP contribution in [0.2, 0.25) is 0 Å². The van der Waals surface area contributed by atoms with Gasteiger partial charge in [-0.2, -0.15) is 0 Å². The number of rotatable bonds is 3. The van der Waals surface area contributed by atoms with E-state index >= 15 is 0 Å². The third kappa shape index (κ3) is 1.75. The zero-order valence-corrected chi connectivity index (χ0v) is 12.0. The van der Waals surface area contributed by atoms with Crippen molar-refractivity contribution >= 4 is 16.8 Å². The zero-order chi connectivity index (χ0) is 13.6. The van der Waals surface area contributed by atoms with Gasteiger partial charge >= 0.3 is 0 Å². The highest BCUT2D eigenvalue weighted by atomic mass is 15.2. The largest absolute Gasteiger partial charge is 0.319 e. The highest BCUT2D eigenvalue weighted by Crippen LogP contribution is 2.23. The second-order valence-electron chi connectivity index (χ2n) is 5.19. The Morgan fingerprint density at radius 1 is 1.26 bits per heavy atom.